The highest BCUT2D eigenvalue weighted by Crippen LogP contribution is 2.05. The molecule has 13 heavy (non-hydrogen) atoms. The van der Waals surface area contributed by atoms with E-state index in [0.29, 0.717) is 0 Å². The van der Waals surface area contributed by atoms with Crippen molar-refractivity contribution >= 4 is 22.9 Å². The largest absolute Gasteiger partial charge is 0.307 e. The molecule has 0 aliphatic rings. The number of hydrogen-bond acceptors (Lipinski definition) is 5. The van der Waals surface area contributed by atoms with Crippen molar-refractivity contribution in [1.29, 1.82) is 0 Å². The van der Waals surface area contributed by atoms with E-state index in [1.165, 1.54) is 17.1 Å². The van der Waals surface area contributed by atoms with E-state index in [4.69, 9.17) is 0 Å². The quantitative estimate of drug-likeness (QED) is 0.839. The molecule has 0 aliphatic carbocycles. The number of nitrogens with one attached hydrogen (secondary N) is 1. The minimum Gasteiger partial charge on any atom is -0.307 e. The van der Waals surface area contributed by atoms with Gasteiger partial charge < -0.3 is 5.32 Å². The van der Waals surface area contributed by atoms with Gasteiger partial charge in [-0.25, -0.2) is 0 Å². The van der Waals surface area contributed by atoms with Crippen LogP contribution in [0.2, 0.25) is 0 Å². The molecule has 0 saturated carbocycles. The summed E-state index contributed by atoms with van der Waals surface area (Å²) < 4.78 is 3.79. The zero-order valence-corrected chi connectivity index (χ0v) is 8.57. The molecule has 0 unspecified atom stereocenters. The summed E-state index contributed by atoms with van der Waals surface area (Å²) in [4.78, 5) is 0. The molecule has 0 aromatic carbocycles. The average Bonchev–Trinajstić information content (AvgIpc) is 2.75. The van der Waals surface area contributed by atoms with Gasteiger partial charge >= 0.3 is 0 Å². The lowest BCUT2D eigenvalue weighted by Gasteiger charge is -1.98. The molecule has 0 radical (unpaired) electrons. The van der Waals surface area contributed by atoms with Crippen molar-refractivity contribution in [2.24, 2.45) is 0 Å². The van der Waals surface area contributed by atoms with Crippen LogP contribution in [0.25, 0.3) is 0 Å². The summed E-state index contributed by atoms with van der Waals surface area (Å²) in [5.41, 5.74) is 2.34. The maximum atomic E-state index is 3.94. The number of aromatic nitrogens is 2. The van der Waals surface area contributed by atoms with Crippen LogP contribution >= 0.6 is 22.9 Å². The van der Waals surface area contributed by atoms with Crippen LogP contribution < -0.4 is 5.32 Å². The molecule has 5 heteroatoms. The maximum absolute atomic E-state index is 3.94. The monoisotopic (exact) mass is 211 g/mol. The predicted molar refractivity (Wildman–Crippen MR) is 54.8 cm³/mol. The average molecular weight is 211 g/mol. The van der Waals surface area contributed by atoms with Gasteiger partial charge in [-0.2, -0.15) is 11.3 Å². The maximum Gasteiger partial charge on any atom is 0.0893 e. The molecule has 2 rings (SSSR count). The van der Waals surface area contributed by atoms with E-state index in [0.717, 1.165) is 18.8 Å². The van der Waals surface area contributed by atoms with E-state index in [2.05, 4.69) is 31.7 Å². The van der Waals surface area contributed by atoms with Gasteiger partial charge in [-0.3, -0.25) is 0 Å². The number of rotatable bonds is 4. The van der Waals surface area contributed by atoms with Crippen LogP contribution in [0.3, 0.4) is 0 Å². The van der Waals surface area contributed by atoms with E-state index < -0.39 is 0 Å². The standard InChI is InChI=1S/C8H9N3S2/c1-2-12-5-7(1)3-9-4-8-6-13-11-10-8/h1-2,5-6,9H,3-4H2. The molecule has 2 aromatic heterocycles. The third-order valence-corrected chi connectivity index (χ3v) is 2.91. The Kier molecular flexibility index (Phi) is 3.02. The molecule has 0 saturated heterocycles. The fraction of sp³-hybridized carbons (Fsp3) is 0.250. The molecular formula is C8H9N3S2. The van der Waals surface area contributed by atoms with Gasteiger partial charge in [-0.1, -0.05) is 4.49 Å². The van der Waals surface area contributed by atoms with Crippen LogP contribution in [0, 0.1) is 0 Å². The lowest BCUT2D eigenvalue weighted by atomic mass is 10.3. The normalized spacial score (nSPS) is 10.5. The van der Waals surface area contributed by atoms with Gasteiger partial charge in [-0.05, 0) is 33.9 Å². The minimum atomic E-state index is 0.798. The highest BCUT2D eigenvalue weighted by molar-refractivity contribution is 7.07. The highest BCUT2D eigenvalue weighted by Gasteiger charge is 1.96. The Balaban J connectivity index is 1.76. The van der Waals surface area contributed by atoms with Gasteiger partial charge in [0.2, 0.25) is 0 Å². The van der Waals surface area contributed by atoms with Crippen LogP contribution in [-0.4, -0.2) is 9.59 Å². The Morgan fingerprint density at radius 3 is 3.00 bits per heavy atom. The fourth-order valence-corrected chi connectivity index (χ4v) is 2.11. The molecule has 0 fully saturated rings. The molecule has 2 aromatic rings. The van der Waals surface area contributed by atoms with Gasteiger partial charge in [-0.15, -0.1) is 5.10 Å². The van der Waals surface area contributed by atoms with Crippen LogP contribution in [0.4, 0.5) is 0 Å². The smallest absolute Gasteiger partial charge is 0.0893 e. The van der Waals surface area contributed by atoms with E-state index in [9.17, 15) is 0 Å². The predicted octanol–water partition coefficient (Wildman–Crippen LogP) is 1.89. The molecule has 0 atom stereocenters. The van der Waals surface area contributed by atoms with Crippen molar-refractivity contribution in [2.75, 3.05) is 0 Å². The lowest BCUT2D eigenvalue weighted by Crippen LogP contribution is -2.12. The Hall–Kier alpha value is -0.780. The van der Waals surface area contributed by atoms with E-state index in [-0.39, 0.29) is 0 Å². The van der Waals surface area contributed by atoms with Crippen molar-refractivity contribution in [1.82, 2.24) is 14.9 Å². The van der Waals surface area contributed by atoms with Crippen LogP contribution in [0.1, 0.15) is 11.3 Å². The second-order valence-electron chi connectivity index (χ2n) is 2.63. The fourth-order valence-electron chi connectivity index (χ4n) is 0.989. The zero-order valence-electron chi connectivity index (χ0n) is 6.93. The molecule has 0 aliphatic heterocycles. The Morgan fingerprint density at radius 1 is 1.31 bits per heavy atom. The highest BCUT2D eigenvalue weighted by atomic mass is 32.1. The first-order chi connectivity index (χ1) is 6.45. The number of hydrogen-bond donors (Lipinski definition) is 1. The van der Waals surface area contributed by atoms with Gasteiger partial charge in [0, 0.05) is 18.5 Å². The van der Waals surface area contributed by atoms with Crippen molar-refractivity contribution < 1.29 is 0 Å². The molecular weight excluding hydrogens is 202 g/mol. The molecule has 2 heterocycles. The summed E-state index contributed by atoms with van der Waals surface area (Å²) in [5, 5.41) is 13.4. The summed E-state index contributed by atoms with van der Waals surface area (Å²) in [5.74, 6) is 0. The van der Waals surface area contributed by atoms with E-state index in [1.807, 2.05) is 5.38 Å². The Labute approximate surface area is 84.6 Å². The summed E-state index contributed by atoms with van der Waals surface area (Å²) in [6, 6.07) is 2.12. The third kappa shape index (κ3) is 2.58. The van der Waals surface area contributed by atoms with Crippen LogP contribution in [0.15, 0.2) is 22.2 Å². The van der Waals surface area contributed by atoms with Crippen molar-refractivity contribution in [3.8, 4) is 0 Å². The summed E-state index contributed by atoms with van der Waals surface area (Å²) in [6.45, 7) is 1.70. The second-order valence-corrected chi connectivity index (χ2v) is 4.02. The van der Waals surface area contributed by atoms with Crippen molar-refractivity contribution in [2.45, 2.75) is 13.1 Å². The van der Waals surface area contributed by atoms with Gasteiger partial charge in [0.1, 0.15) is 0 Å². The SMILES string of the molecule is c1cc(CNCc2csnn2)cs1. The van der Waals surface area contributed by atoms with Gasteiger partial charge in [0.05, 0.1) is 5.69 Å². The van der Waals surface area contributed by atoms with E-state index in [1.54, 1.807) is 11.3 Å². The van der Waals surface area contributed by atoms with Crippen LogP contribution in [0.5, 0.6) is 0 Å². The molecule has 0 spiro atoms. The summed E-state index contributed by atoms with van der Waals surface area (Å²) in [6.07, 6.45) is 0. The van der Waals surface area contributed by atoms with Crippen molar-refractivity contribution in [3.05, 3.63) is 33.5 Å². The summed E-state index contributed by atoms with van der Waals surface area (Å²) >= 11 is 3.11. The number of thiophene rings is 1. The molecule has 3 nitrogen and oxygen atoms in total. The third-order valence-electron chi connectivity index (χ3n) is 1.62. The molecule has 68 valence electrons. The first kappa shape index (κ1) is 8.80. The van der Waals surface area contributed by atoms with Gasteiger partial charge in [0.25, 0.3) is 0 Å². The lowest BCUT2D eigenvalue weighted by molar-refractivity contribution is 0.679. The first-order valence-electron chi connectivity index (χ1n) is 3.93. The van der Waals surface area contributed by atoms with Crippen LogP contribution in [-0.2, 0) is 13.1 Å². The Bertz CT molecular complexity index is 294. The molecule has 1 N–H and O–H groups in total. The molecule has 0 amide bonds. The molecule has 0 bridgehead atoms. The van der Waals surface area contributed by atoms with E-state index >= 15 is 0 Å². The first-order valence-corrected chi connectivity index (χ1v) is 5.71. The Morgan fingerprint density at radius 2 is 2.31 bits per heavy atom. The number of nitrogens with zero attached hydrogens (tertiary/aromatic N) is 2. The topological polar surface area (TPSA) is 37.8 Å². The second kappa shape index (κ2) is 4.45. The van der Waals surface area contributed by atoms with Crippen molar-refractivity contribution in [3.63, 3.8) is 0 Å². The zero-order chi connectivity index (χ0) is 8.93. The van der Waals surface area contributed by atoms with Gasteiger partial charge in [0.15, 0.2) is 0 Å². The summed E-state index contributed by atoms with van der Waals surface area (Å²) in [7, 11) is 0. The minimum absolute atomic E-state index is 0.798.